The van der Waals surface area contributed by atoms with Crippen LogP contribution < -0.4 is 0 Å². The minimum atomic E-state index is -0.198. The summed E-state index contributed by atoms with van der Waals surface area (Å²) in [7, 11) is 0. The molecule has 4 nitrogen and oxygen atoms in total. The minimum absolute atomic E-state index is 0.0100. The summed E-state index contributed by atoms with van der Waals surface area (Å²) >= 11 is 1.43. The van der Waals surface area contributed by atoms with E-state index in [1.807, 2.05) is 35.7 Å². The summed E-state index contributed by atoms with van der Waals surface area (Å²) in [6, 6.07) is 12.7. The highest BCUT2D eigenvalue weighted by atomic mass is 32.1. The van der Waals surface area contributed by atoms with Crippen molar-refractivity contribution < 1.29 is 14.3 Å². The van der Waals surface area contributed by atoms with Crippen LogP contribution in [0.25, 0.3) is 0 Å². The number of nitrogens with zero attached hydrogens (tertiary/aromatic N) is 1. The largest absolute Gasteiger partial charge is 0.377 e. The Morgan fingerprint density at radius 1 is 1.18 bits per heavy atom. The molecule has 22 heavy (non-hydrogen) atoms. The maximum atomic E-state index is 12.6. The summed E-state index contributed by atoms with van der Waals surface area (Å²) < 4.78 is 5.47. The Hall–Kier alpha value is -1.98. The fourth-order valence-electron chi connectivity index (χ4n) is 2.59. The number of hydrogen-bond donors (Lipinski definition) is 0. The van der Waals surface area contributed by atoms with Crippen molar-refractivity contribution >= 4 is 23.0 Å². The van der Waals surface area contributed by atoms with Gasteiger partial charge in [-0.05, 0) is 11.4 Å². The van der Waals surface area contributed by atoms with Crippen LogP contribution in [0.5, 0.6) is 0 Å². The van der Waals surface area contributed by atoms with Crippen LogP contribution in [0.1, 0.15) is 26.5 Å². The van der Waals surface area contributed by atoms with Gasteiger partial charge in [-0.15, -0.1) is 11.3 Å². The van der Waals surface area contributed by atoms with Crippen molar-refractivity contribution in [3.63, 3.8) is 0 Å². The molecule has 1 fully saturated rings. The number of amides is 1. The molecule has 2 heterocycles. The van der Waals surface area contributed by atoms with E-state index in [0.717, 1.165) is 0 Å². The van der Waals surface area contributed by atoms with Crippen molar-refractivity contribution in [2.75, 3.05) is 19.8 Å². The molecule has 1 aliphatic heterocycles. The van der Waals surface area contributed by atoms with Gasteiger partial charge in [0.2, 0.25) is 0 Å². The summed E-state index contributed by atoms with van der Waals surface area (Å²) in [5.41, 5.74) is 0.677. The first-order valence-electron chi connectivity index (χ1n) is 7.26. The van der Waals surface area contributed by atoms with E-state index in [-0.39, 0.29) is 17.7 Å². The molecule has 0 spiro atoms. The van der Waals surface area contributed by atoms with Gasteiger partial charge in [0.05, 0.1) is 24.1 Å². The topological polar surface area (TPSA) is 46.6 Å². The quantitative estimate of drug-likeness (QED) is 0.815. The second-order valence-electron chi connectivity index (χ2n) is 5.20. The summed E-state index contributed by atoms with van der Waals surface area (Å²) in [4.78, 5) is 27.4. The van der Waals surface area contributed by atoms with E-state index in [1.165, 1.54) is 11.3 Å². The van der Waals surface area contributed by atoms with Crippen molar-refractivity contribution in [2.45, 2.75) is 12.5 Å². The molecule has 3 rings (SSSR count). The third-order valence-corrected chi connectivity index (χ3v) is 4.59. The Morgan fingerprint density at radius 3 is 2.73 bits per heavy atom. The van der Waals surface area contributed by atoms with Crippen LogP contribution in [-0.4, -0.2) is 42.4 Å². The van der Waals surface area contributed by atoms with Crippen LogP contribution in [-0.2, 0) is 4.74 Å². The molecule has 1 saturated heterocycles. The van der Waals surface area contributed by atoms with Gasteiger partial charge >= 0.3 is 0 Å². The fraction of sp³-hybridized carbons (Fsp3) is 0.294. The molecule has 1 aromatic carbocycles. The lowest BCUT2D eigenvalue weighted by Gasteiger charge is -2.35. The molecule has 0 aliphatic carbocycles. The van der Waals surface area contributed by atoms with E-state index >= 15 is 0 Å². The Balaban J connectivity index is 1.73. The third-order valence-electron chi connectivity index (χ3n) is 3.74. The second-order valence-corrected chi connectivity index (χ2v) is 6.15. The maximum absolute atomic E-state index is 12.6. The third kappa shape index (κ3) is 3.26. The minimum Gasteiger partial charge on any atom is -0.377 e. The van der Waals surface area contributed by atoms with Gasteiger partial charge in [-0.2, -0.15) is 0 Å². The van der Waals surface area contributed by atoms with Crippen LogP contribution in [0.15, 0.2) is 47.8 Å². The number of ketones is 1. The first-order valence-corrected chi connectivity index (χ1v) is 8.14. The van der Waals surface area contributed by atoms with Crippen LogP contribution in [0.3, 0.4) is 0 Å². The van der Waals surface area contributed by atoms with Gasteiger partial charge in [-0.25, -0.2) is 0 Å². The first-order chi connectivity index (χ1) is 10.8. The molecule has 0 saturated carbocycles. The van der Waals surface area contributed by atoms with Gasteiger partial charge in [-0.3, -0.25) is 9.59 Å². The highest BCUT2D eigenvalue weighted by Gasteiger charge is 2.30. The Kier molecular flexibility index (Phi) is 4.65. The molecule has 1 aromatic heterocycles. The van der Waals surface area contributed by atoms with E-state index < -0.39 is 0 Å². The number of rotatable bonds is 4. The van der Waals surface area contributed by atoms with Crippen LogP contribution in [0.4, 0.5) is 0 Å². The van der Waals surface area contributed by atoms with E-state index in [0.29, 0.717) is 36.6 Å². The number of benzene rings is 1. The number of hydrogen-bond acceptors (Lipinski definition) is 4. The van der Waals surface area contributed by atoms with Crippen molar-refractivity contribution in [1.29, 1.82) is 0 Å². The number of carbonyl (C=O) groups is 2. The van der Waals surface area contributed by atoms with Gasteiger partial charge in [0.25, 0.3) is 5.91 Å². The summed E-state index contributed by atoms with van der Waals surface area (Å²) in [5.74, 6) is 0.0317. The zero-order valence-electron chi connectivity index (χ0n) is 12.1. The van der Waals surface area contributed by atoms with E-state index in [1.54, 1.807) is 17.0 Å². The Labute approximate surface area is 133 Å². The van der Waals surface area contributed by atoms with E-state index in [9.17, 15) is 9.59 Å². The lowest BCUT2D eigenvalue weighted by molar-refractivity contribution is -0.00255. The number of thiophene rings is 1. The highest BCUT2D eigenvalue weighted by molar-refractivity contribution is 7.12. The van der Waals surface area contributed by atoms with Crippen molar-refractivity contribution in [1.82, 2.24) is 4.90 Å². The van der Waals surface area contributed by atoms with E-state index in [2.05, 4.69) is 0 Å². The SMILES string of the molecule is O=C(C[C@@H]1COCCN1C(=O)c1cccs1)c1ccccc1. The molecule has 1 aliphatic rings. The predicted octanol–water partition coefficient (Wildman–Crippen LogP) is 2.86. The molecule has 5 heteroatoms. The Morgan fingerprint density at radius 2 is 2.00 bits per heavy atom. The molecular weight excluding hydrogens is 298 g/mol. The number of carbonyl (C=O) groups excluding carboxylic acids is 2. The van der Waals surface area contributed by atoms with Crippen molar-refractivity contribution in [3.05, 3.63) is 58.3 Å². The van der Waals surface area contributed by atoms with Gasteiger partial charge in [0, 0.05) is 18.5 Å². The Bertz CT molecular complexity index is 639. The molecule has 1 atom stereocenters. The smallest absolute Gasteiger partial charge is 0.264 e. The van der Waals surface area contributed by atoms with Crippen LogP contribution >= 0.6 is 11.3 Å². The van der Waals surface area contributed by atoms with Gasteiger partial charge in [0.1, 0.15) is 0 Å². The molecular formula is C17H17NO3S. The summed E-state index contributed by atoms with van der Waals surface area (Å²) in [6.45, 7) is 1.46. The molecule has 2 aromatic rings. The van der Waals surface area contributed by atoms with Crippen molar-refractivity contribution in [2.24, 2.45) is 0 Å². The van der Waals surface area contributed by atoms with Crippen LogP contribution in [0.2, 0.25) is 0 Å². The first kappa shape index (κ1) is 14.9. The van der Waals surface area contributed by atoms with E-state index in [4.69, 9.17) is 4.74 Å². The molecule has 0 radical (unpaired) electrons. The fourth-order valence-corrected chi connectivity index (χ4v) is 3.27. The van der Waals surface area contributed by atoms with Gasteiger partial charge in [-0.1, -0.05) is 36.4 Å². The molecule has 0 bridgehead atoms. The standard InChI is InChI=1S/C17H17NO3S/c19-15(13-5-2-1-3-6-13)11-14-12-21-9-8-18(14)17(20)16-7-4-10-22-16/h1-7,10,14H,8-9,11-12H2/t14-/m1/s1. The molecule has 1 amide bonds. The zero-order valence-corrected chi connectivity index (χ0v) is 12.9. The number of Topliss-reactive ketones (excluding diaryl/α,β-unsaturated/α-hetero) is 1. The zero-order chi connectivity index (χ0) is 15.4. The van der Waals surface area contributed by atoms with Crippen molar-refractivity contribution in [3.8, 4) is 0 Å². The highest BCUT2D eigenvalue weighted by Crippen LogP contribution is 2.19. The lowest BCUT2D eigenvalue weighted by atomic mass is 10.0. The lowest BCUT2D eigenvalue weighted by Crippen LogP contribution is -2.49. The number of morpholine rings is 1. The van der Waals surface area contributed by atoms with Gasteiger partial charge in [0.15, 0.2) is 5.78 Å². The number of ether oxygens (including phenoxy) is 1. The monoisotopic (exact) mass is 315 g/mol. The maximum Gasteiger partial charge on any atom is 0.264 e. The normalized spacial score (nSPS) is 18.2. The molecule has 0 unspecified atom stereocenters. The second kappa shape index (κ2) is 6.85. The average molecular weight is 315 g/mol. The molecule has 114 valence electrons. The summed E-state index contributed by atoms with van der Waals surface area (Å²) in [6.07, 6.45) is 0.293. The van der Waals surface area contributed by atoms with Gasteiger partial charge < -0.3 is 9.64 Å². The average Bonchev–Trinajstić information content (AvgIpc) is 3.10. The summed E-state index contributed by atoms with van der Waals surface area (Å²) in [5, 5.41) is 1.89. The molecule has 0 N–H and O–H groups in total. The predicted molar refractivity (Wildman–Crippen MR) is 85.4 cm³/mol. The van der Waals surface area contributed by atoms with Crippen LogP contribution in [0, 0.1) is 0 Å².